The van der Waals surface area contributed by atoms with Crippen LogP contribution in [0.2, 0.25) is 0 Å². The Bertz CT molecular complexity index is 1060. The number of carbonyl (C=O) groups excluding carboxylic acids is 1. The molecule has 1 amide bonds. The van der Waals surface area contributed by atoms with Crippen molar-refractivity contribution in [3.63, 3.8) is 0 Å². The fourth-order valence-corrected chi connectivity index (χ4v) is 3.05. The van der Waals surface area contributed by atoms with Crippen LogP contribution in [-0.2, 0) is 17.5 Å². The number of halogens is 3. The maximum atomic E-state index is 12.8. The minimum Gasteiger partial charge on any atom is -0.323 e. The molecule has 0 radical (unpaired) electrons. The fraction of sp³-hybridized carbons (Fsp3) is 0.167. The topological polar surface area (TPSA) is 96.5 Å². The Morgan fingerprint density at radius 3 is 2.76 bits per heavy atom. The first-order valence-electron chi connectivity index (χ1n) is 8.21. The first-order valence-corrected chi connectivity index (χ1v) is 9.19. The fourth-order valence-electron chi connectivity index (χ4n) is 2.38. The number of para-hydroxylation sites is 1. The molecule has 1 heterocycles. The lowest BCUT2D eigenvalue weighted by Gasteiger charge is -2.09. The summed E-state index contributed by atoms with van der Waals surface area (Å²) < 4.78 is 38.5. The molecule has 3 aromatic rings. The van der Waals surface area contributed by atoms with E-state index in [1.807, 2.05) is 6.07 Å². The Morgan fingerprint density at radius 2 is 2.00 bits per heavy atom. The average Bonchev–Trinajstić information content (AvgIpc) is 3.15. The van der Waals surface area contributed by atoms with Crippen LogP contribution in [0.4, 0.5) is 18.9 Å². The van der Waals surface area contributed by atoms with Gasteiger partial charge in [0.2, 0.25) is 11.7 Å². The number of amides is 1. The molecule has 0 saturated heterocycles. The lowest BCUT2D eigenvalue weighted by Crippen LogP contribution is -2.20. The molecule has 0 aliphatic rings. The molecule has 0 aliphatic heterocycles. The number of hydrogen-bond acceptors (Lipinski definition) is 6. The molecule has 0 atom stereocenters. The lowest BCUT2D eigenvalue weighted by atomic mass is 10.1. The number of carbonyl (C=O) groups is 1. The lowest BCUT2D eigenvalue weighted by molar-refractivity contribution is -0.137. The second-order valence-corrected chi connectivity index (χ2v) is 6.73. The molecule has 7 nitrogen and oxygen atoms in total. The minimum atomic E-state index is -4.48. The maximum Gasteiger partial charge on any atom is 0.416 e. The van der Waals surface area contributed by atoms with E-state index >= 15 is 0 Å². The van der Waals surface area contributed by atoms with Crippen LogP contribution in [0.3, 0.4) is 0 Å². The quantitative estimate of drug-likeness (QED) is 0.615. The molecule has 29 heavy (non-hydrogen) atoms. The van der Waals surface area contributed by atoms with Gasteiger partial charge in [0, 0.05) is 10.5 Å². The number of benzene rings is 2. The molecule has 0 saturated carbocycles. The Morgan fingerprint density at radius 1 is 1.21 bits per heavy atom. The van der Waals surface area contributed by atoms with Gasteiger partial charge in [-0.1, -0.05) is 24.3 Å². The second kappa shape index (κ2) is 8.74. The zero-order valence-corrected chi connectivity index (χ0v) is 15.5. The predicted octanol–water partition coefficient (Wildman–Crippen LogP) is 3.61. The van der Waals surface area contributed by atoms with E-state index < -0.39 is 17.6 Å². The monoisotopic (exact) mass is 418 g/mol. The Hall–Kier alpha value is -3.39. The van der Waals surface area contributed by atoms with Gasteiger partial charge in [-0.05, 0) is 29.5 Å². The van der Waals surface area contributed by atoms with E-state index in [0.29, 0.717) is 5.69 Å². The van der Waals surface area contributed by atoms with Crippen LogP contribution in [0.1, 0.15) is 5.56 Å². The number of alkyl halides is 3. The summed E-state index contributed by atoms with van der Waals surface area (Å²) in [7, 11) is 0. The first-order chi connectivity index (χ1) is 13.9. The van der Waals surface area contributed by atoms with Crippen molar-refractivity contribution in [1.29, 1.82) is 5.26 Å². The largest absolute Gasteiger partial charge is 0.416 e. The number of hydrogen-bond donors (Lipinski definition) is 1. The van der Waals surface area contributed by atoms with Gasteiger partial charge in [0.25, 0.3) is 0 Å². The van der Waals surface area contributed by atoms with Crippen molar-refractivity contribution in [2.75, 3.05) is 11.1 Å². The van der Waals surface area contributed by atoms with Crippen molar-refractivity contribution in [2.24, 2.45) is 0 Å². The third-order valence-electron chi connectivity index (χ3n) is 3.64. The normalized spacial score (nSPS) is 11.1. The number of tetrazole rings is 1. The molecule has 0 aliphatic carbocycles. The van der Waals surface area contributed by atoms with Crippen molar-refractivity contribution in [3.05, 3.63) is 54.1 Å². The molecule has 148 valence electrons. The van der Waals surface area contributed by atoms with E-state index in [-0.39, 0.29) is 23.7 Å². The van der Waals surface area contributed by atoms with Gasteiger partial charge in [-0.2, -0.15) is 23.2 Å². The predicted molar refractivity (Wildman–Crippen MR) is 99.7 cm³/mol. The zero-order valence-electron chi connectivity index (χ0n) is 14.7. The van der Waals surface area contributed by atoms with Crippen molar-refractivity contribution < 1.29 is 18.0 Å². The highest BCUT2D eigenvalue weighted by atomic mass is 32.2. The van der Waals surface area contributed by atoms with Crippen molar-refractivity contribution in [2.45, 2.75) is 17.6 Å². The highest BCUT2D eigenvalue weighted by molar-refractivity contribution is 7.99. The van der Waals surface area contributed by atoms with E-state index in [4.69, 9.17) is 5.26 Å². The Labute approximate surface area is 167 Å². The summed E-state index contributed by atoms with van der Waals surface area (Å²) in [5.74, 6) is -0.227. The maximum absolute atomic E-state index is 12.8. The summed E-state index contributed by atoms with van der Waals surface area (Å²) in [6.07, 6.45) is -4.48. The third kappa shape index (κ3) is 5.32. The summed E-state index contributed by atoms with van der Waals surface area (Å²) in [6.45, 7) is -0.275. The van der Waals surface area contributed by atoms with Gasteiger partial charge >= 0.3 is 6.18 Å². The van der Waals surface area contributed by atoms with Crippen LogP contribution in [0.25, 0.3) is 11.4 Å². The summed E-state index contributed by atoms with van der Waals surface area (Å²) in [5.41, 5.74) is -0.142. The second-order valence-electron chi connectivity index (χ2n) is 5.71. The van der Waals surface area contributed by atoms with Crippen molar-refractivity contribution >= 4 is 23.4 Å². The number of nitrogens with zero attached hydrogens (tertiary/aromatic N) is 5. The highest BCUT2D eigenvalue weighted by Crippen LogP contribution is 2.31. The van der Waals surface area contributed by atoms with Crippen LogP contribution in [0.5, 0.6) is 0 Å². The van der Waals surface area contributed by atoms with Crippen LogP contribution in [0, 0.1) is 11.3 Å². The van der Waals surface area contributed by atoms with E-state index in [1.54, 1.807) is 24.3 Å². The Balaban J connectivity index is 1.70. The SMILES string of the molecule is N#CCSc1ccccc1NC(=O)Cn1nnc(-c2cccc(C(F)(F)F)c2)n1. The van der Waals surface area contributed by atoms with Gasteiger partial charge < -0.3 is 5.32 Å². The van der Waals surface area contributed by atoms with Crippen LogP contribution in [-0.4, -0.2) is 31.9 Å². The highest BCUT2D eigenvalue weighted by Gasteiger charge is 2.30. The van der Waals surface area contributed by atoms with Gasteiger partial charge in [0.1, 0.15) is 6.54 Å². The number of rotatable bonds is 6. The van der Waals surface area contributed by atoms with Crippen LogP contribution < -0.4 is 5.32 Å². The van der Waals surface area contributed by atoms with Crippen LogP contribution in [0.15, 0.2) is 53.4 Å². The molecule has 0 bridgehead atoms. The molecule has 1 aromatic heterocycles. The number of aromatic nitrogens is 4. The molecule has 0 unspecified atom stereocenters. The molecule has 0 spiro atoms. The van der Waals surface area contributed by atoms with Gasteiger partial charge in [-0.25, -0.2) is 0 Å². The summed E-state index contributed by atoms with van der Waals surface area (Å²) >= 11 is 1.28. The molecular weight excluding hydrogens is 405 g/mol. The van der Waals surface area contributed by atoms with Gasteiger partial charge in [-0.3, -0.25) is 4.79 Å². The van der Waals surface area contributed by atoms with Gasteiger partial charge in [0.05, 0.1) is 23.1 Å². The van der Waals surface area contributed by atoms with E-state index in [2.05, 4.69) is 20.7 Å². The van der Waals surface area contributed by atoms with Crippen LogP contribution >= 0.6 is 11.8 Å². The summed E-state index contributed by atoms with van der Waals surface area (Å²) in [5, 5.41) is 22.8. The summed E-state index contributed by atoms with van der Waals surface area (Å²) in [6, 6.07) is 13.6. The molecule has 2 aromatic carbocycles. The first kappa shape index (κ1) is 20.3. The van der Waals surface area contributed by atoms with Gasteiger partial charge in [0.15, 0.2) is 0 Å². The van der Waals surface area contributed by atoms with E-state index in [0.717, 1.165) is 21.8 Å². The van der Waals surface area contributed by atoms with Gasteiger partial charge in [-0.15, -0.1) is 22.0 Å². The molecule has 3 rings (SSSR count). The average molecular weight is 418 g/mol. The Kier molecular flexibility index (Phi) is 6.13. The van der Waals surface area contributed by atoms with Crippen molar-refractivity contribution in [1.82, 2.24) is 20.2 Å². The third-order valence-corrected chi connectivity index (χ3v) is 4.58. The molecule has 11 heteroatoms. The number of thioether (sulfide) groups is 1. The minimum absolute atomic E-state index is 0.0196. The zero-order chi connectivity index (χ0) is 20.9. The number of anilines is 1. The van der Waals surface area contributed by atoms with E-state index in [1.165, 1.54) is 23.9 Å². The number of nitrogens with one attached hydrogen (secondary N) is 1. The molecular formula is C18H13F3N6OS. The molecule has 0 fully saturated rings. The number of nitriles is 1. The summed E-state index contributed by atoms with van der Waals surface area (Å²) in [4.78, 5) is 14.0. The molecule has 1 N–H and O–H groups in total. The standard InChI is InChI=1S/C18H13F3N6OS/c19-18(20,21)13-5-3-4-12(10-13)17-24-26-27(25-17)11-16(28)23-14-6-1-2-7-15(14)29-9-8-22/h1-7,10H,9,11H2,(H,23,28). The van der Waals surface area contributed by atoms with E-state index in [9.17, 15) is 18.0 Å². The smallest absolute Gasteiger partial charge is 0.323 e. The van der Waals surface area contributed by atoms with Crippen molar-refractivity contribution in [3.8, 4) is 17.5 Å².